The quantitative estimate of drug-likeness (QED) is 0.728. The second-order valence-corrected chi connectivity index (χ2v) is 3.97. The van der Waals surface area contributed by atoms with Crippen molar-refractivity contribution in [1.29, 1.82) is 0 Å². The maximum atomic E-state index is 4.24. The Balaban J connectivity index is 2.98. The van der Waals surface area contributed by atoms with Gasteiger partial charge in [0.05, 0.1) is 16.4 Å². The molecule has 0 spiro atoms. The predicted molar refractivity (Wildman–Crippen MR) is 57.5 cm³/mol. The van der Waals surface area contributed by atoms with E-state index in [2.05, 4.69) is 46.7 Å². The number of nitrogens with zero attached hydrogens (tertiary/aromatic N) is 2. The maximum Gasteiger partial charge on any atom is 0.102 e. The summed E-state index contributed by atoms with van der Waals surface area (Å²) in [6, 6.07) is 0. The molecule has 1 aromatic rings. The van der Waals surface area contributed by atoms with Crippen molar-refractivity contribution >= 4 is 15.9 Å². The number of rotatable bonds is 2. The standard InChI is InChI=1S/C10H13BrN2/c1-4-5-6-13-10(8(2)3)9(11)7-12-13/h7-8H,6H2,1-3H3. The van der Waals surface area contributed by atoms with E-state index in [1.54, 1.807) is 0 Å². The molecule has 0 amide bonds. The van der Waals surface area contributed by atoms with Crippen molar-refractivity contribution in [2.45, 2.75) is 33.2 Å². The Morgan fingerprint density at radius 1 is 1.62 bits per heavy atom. The van der Waals surface area contributed by atoms with Gasteiger partial charge in [0.2, 0.25) is 0 Å². The van der Waals surface area contributed by atoms with Crippen molar-refractivity contribution in [3.8, 4) is 11.8 Å². The minimum Gasteiger partial charge on any atom is -0.256 e. The summed E-state index contributed by atoms with van der Waals surface area (Å²) in [5, 5.41) is 4.24. The van der Waals surface area contributed by atoms with E-state index in [-0.39, 0.29) is 0 Å². The molecule has 0 atom stereocenters. The zero-order chi connectivity index (χ0) is 9.84. The molecule has 13 heavy (non-hydrogen) atoms. The van der Waals surface area contributed by atoms with Gasteiger partial charge in [-0.15, -0.1) is 5.92 Å². The molecule has 0 aliphatic heterocycles. The monoisotopic (exact) mass is 240 g/mol. The Morgan fingerprint density at radius 3 is 2.85 bits per heavy atom. The lowest BCUT2D eigenvalue weighted by molar-refractivity contribution is 0.634. The third kappa shape index (κ3) is 2.35. The lowest BCUT2D eigenvalue weighted by Gasteiger charge is -2.07. The smallest absolute Gasteiger partial charge is 0.102 e. The molecule has 0 saturated carbocycles. The summed E-state index contributed by atoms with van der Waals surface area (Å²) in [4.78, 5) is 0. The van der Waals surface area contributed by atoms with Crippen molar-refractivity contribution in [3.05, 3.63) is 16.4 Å². The van der Waals surface area contributed by atoms with Crippen LogP contribution < -0.4 is 0 Å². The molecule has 0 bridgehead atoms. The Morgan fingerprint density at radius 2 is 2.31 bits per heavy atom. The van der Waals surface area contributed by atoms with Crippen LogP contribution in [0.15, 0.2) is 10.7 Å². The highest BCUT2D eigenvalue weighted by Crippen LogP contribution is 2.23. The Kier molecular flexibility index (Phi) is 3.56. The summed E-state index contributed by atoms with van der Waals surface area (Å²) >= 11 is 3.48. The van der Waals surface area contributed by atoms with Gasteiger partial charge in [-0.2, -0.15) is 5.10 Å². The summed E-state index contributed by atoms with van der Waals surface area (Å²) in [6.07, 6.45) is 1.83. The van der Waals surface area contributed by atoms with Gasteiger partial charge in [-0.1, -0.05) is 19.8 Å². The molecule has 0 fully saturated rings. The SMILES string of the molecule is CC#CCn1ncc(Br)c1C(C)C. The molecule has 70 valence electrons. The third-order valence-corrected chi connectivity index (χ3v) is 2.40. The van der Waals surface area contributed by atoms with Crippen molar-refractivity contribution in [2.75, 3.05) is 0 Å². The van der Waals surface area contributed by atoms with Gasteiger partial charge in [0.25, 0.3) is 0 Å². The fourth-order valence-corrected chi connectivity index (χ4v) is 1.98. The fourth-order valence-electron chi connectivity index (χ4n) is 1.23. The molecule has 0 unspecified atom stereocenters. The maximum absolute atomic E-state index is 4.24. The molecule has 0 saturated heterocycles. The molecular formula is C10H13BrN2. The summed E-state index contributed by atoms with van der Waals surface area (Å²) in [7, 11) is 0. The second kappa shape index (κ2) is 4.48. The van der Waals surface area contributed by atoms with Crippen LogP contribution in [0, 0.1) is 11.8 Å². The lowest BCUT2D eigenvalue weighted by atomic mass is 10.1. The highest BCUT2D eigenvalue weighted by molar-refractivity contribution is 9.10. The number of halogens is 1. The first-order valence-corrected chi connectivity index (χ1v) is 5.07. The third-order valence-electron chi connectivity index (χ3n) is 1.79. The van der Waals surface area contributed by atoms with E-state index in [1.807, 2.05) is 17.8 Å². The molecule has 1 heterocycles. The van der Waals surface area contributed by atoms with Gasteiger partial charge < -0.3 is 0 Å². The Hall–Kier alpha value is -0.750. The van der Waals surface area contributed by atoms with Gasteiger partial charge >= 0.3 is 0 Å². The summed E-state index contributed by atoms with van der Waals surface area (Å²) in [5.74, 6) is 6.34. The second-order valence-electron chi connectivity index (χ2n) is 3.12. The largest absolute Gasteiger partial charge is 0.256 e. The summed E-state index contributed by atoms with van der Waals surface area (Å²) in [5.41, 5.74) is 1.21. The molecule has 0 aliphatic rings. The van der Waals surface area contributed by atoms with Crippen molar-refractivity contribution in [3.63, 3.8) is 0 Å². The van der Waals surface area contributed by atoms with Gasteiger partial charge in [-0.3, -0.25) is 4.68 Å². The highest BCUT2D eigenvalue weighted by atomic mass is 79.9. The topological polar surface area (TPSA) is 17.8 Å². The van der Waals surface area contributed by atoms with Crippen LogP contribution in [0.1, 0.15) is 32.4 Å². The zero-order valence-corrected chi connectivity index (χ0v) is 9.72. The lowest BCUT2D eigenvalue weighted by Crippen LogP contribution is -2.05. The predicted octanol–water partition coefficient (Wildman–Crippen LogP) is 2.79. The van der Waals surface area contributed by atoms with Crippen LogP contribution in [-0.4, -0.2) is 9.78 Å². The molecular weight excluding hydrogens is 228 g/mol. The molecule has 3 heteroatoms. The van der Waals surface area contributed by atoms with Crippen LogP contribution in [0.25, 0.3) is 0 Å². The first-order valence-electron chi connectivity index (χ1n) is 4.27. The van der Waals surface area contributed by atoms with E-state index in [0.717, 1.165) is 4.47 Å². The summed E-state index contributed by atoms with van der Waals surface area (Å²) < 4.78 is 3.01. The van der Waals surface area contributed by atoms with Crippen LogP contribution in [-0.2, 0) is 6.54 Å². The van der Waals surface area contributed by atoms with Gasteiger partial charge in [-0.05, 0) is 28.8 Å². The molecule has 0 aliphatic carbocycles. The van der Waals surface area contributed by atoms with Crippen LogP contribution in [0.3, 0.4) is 0 Å². The van der Waals surface area contributed by atoms with Gasteiger partial charge in [0.1, 0.15) is 6.54 Å². The van der Waals surface area contributed by atoms with Gasteiger partial charge in [0, 0.05) is 0 Å². The average Bonchev–Trinajstić information content (AvgIpc) is 2.43. The molecule has 0 N–H and O–H groups in total. The van der Waals surface area contributed by atoms with Crippen LogP contribution in [0.4, 0.5) is 0 Å². The van der Waals surface area contributed by atoms with E-state index < -0.39 is 0 Å². The van der Waals surface area contributed by atoms with Gasteiger partial charge in [0.15, 0.2) is 0 Å². The first kappa shape index (κ1) is 10.3. The van der Waals surface area contributed by atoms with E-state index >= 15 is 0 Å². The number of hydrogen-bond donors (Lipinski definition) is 0. The normalized spacial score (nSPS) is 9.92. The van der Waals surface area contributed by atoms with E-state index in [1.165, 1.54) is 5.69 Å². The minimum atomic E-state index is 0.468. The van der Waals surface area contributed by atoms with Crippen molar-refractivity contribution in [2.24, 2.45) is 0 Å². The minimum absolute atomic E-state index is 0.468. The molecule has 0 radical (unpaired) electrons. The molecule has 0 aromatic carbocycles. The number of hydrogen-bond acceptors (Lipinski definition) is 1. The highest BCUT2D eigenvalue weighted by Gasteiger charge is 2.10. The van der Waals surface area contributed by atoms with Crippen molar-refractivity contribution < 1.29 is 0 Å². The molecule has 2 nitrogen and oxygen atoms in total. The van der Waals surface area contributed by atoms with Crippen LogP contribution >= 0.6 is 15.9 Å². The van der Waals surface area contributed by atoms with E-state index in [9.17, 15) is 0 Å². The van der Waals surface area contributed by atoms with Crippen LogP contribution in [0.2, 0.25) is 0 Å². The first-order chi connectivity index (χ1) is 6.16. The number of aromatic nitrogens is 2. The fraction of sp³-hybridized carbons (Fsp3) is 0.500. The van der Waals surface area contributed by atoms with Crippen molar-refractivity contribution in [1.82, 2.24) is 9.78 Å². The Labute approximate surface area is 87.5 Å². The molecule has 1 aromatic heterocycles. The van der Waals surface area contributed by atoms with Crippen LogP contribution in [0.5, 0.6) is 0 Å². The summed E-state index contributed by atoms with van der Waals surface area (Å²) in [6.45, 7) is 6.82. The van der Waals surface area contributed by atoms with E-state index in [4.69, 9.17) is 0 Å². The average molecular weight is 241 g/mol. The van der Waals surface area contributed by atoms with E-state index in [0.29, 0.717) is 12.5 Å². The molecule has 1 rings (SSSR count). The van der Waals surface area contributed by atoms with Gasteiger partial charge in [-0.25, -0.2) is 0 Å². The zero-order valence-electron chi connectivity index (χ0n) is 8.13. The Bertz CT molecular complexity index is 342.